The van der Waals surface area contributed by atoms with Crippen LogP contribution in [-0.2, 0) is 0 Å². The van der Waals surface area contributed by atoms with Gasteiger partial charge in [-0.2, -0.15) is 0 Å². The number of aromatic nitrogens is 2. The van der Waals surface area contributed by atoms with Crippen LogP contribution in [0.1, 0.15) is 0 Å². The zero-order chi connectivity index (χ0) is 37.5. The van der Waals surface area contributed by atoms with Crippen LogP contribution >= 0.6 is 0 Å². The lowest BCUT2D eigenvalue weighted by atomic mass is 9.96. The number of hydrogen-bond donors (Lipinski definition) is 0. The minimum Gasteiger partial charge on any atom is -0.456 e. The third-order valence-electron chi connectivity index (χ3n) is 11.7. The third kappa shape index (κ3) is 4.92. The Morgan fingerprint density at radius 2 is 0.737 bits per heavy atom. The van der Waals surface area contributed by atoms with Crippen LogP contribution in [0, 0.1) is 0 Å². The molecular formula is C54H34N2O. The highest BCUT2D eigenvalue weighted by atomic mass is 16.3. The summed E-state index contributed by atoms with van der Waals surface area (Å²) in [5.41, 5.74) is 16.0. The van der Waals surface area contributed by atoms with E-state index in [1.54, 1.807) is 0 Å². The monoisotopic (exact) mass is 726 g/mol. The molecule has 3 heteroatoms. The molecule has 0 bridgehead atoms. The highest BCUT2D eigenvalue weighted by molar-refractivity contribution is 6.27. The predicted octanol–water partition coefficient (Wildman–Crippen LogP) is 14.8. The lowest BCUT2D eigenvalue weighted by molar-refractivity contribution is 0.669. The van der Waals surface area contributed by atoms with E-state index in [9.17, 15) is 0 Å². The summed E-state index contributed by atoms with van der Waals surface area (Å²) in [5.74, 6) is 0. The van der Waals surface area contributed by atoms with Gasteiger partial charge in [-0.3, -0.25) is 0 Å². The SMILES string of the molecule is c1ccc(-c2cc(-c3ccc(-c4ccc(-n5c6ccccc6c6c7c(ccc65)oc5ccccc57)cc4)cc3)cc(-n3c4ccccc4c4ccccc43)c2)cc1. The van der Waals surface area contributed by atoms with E-state index in [1.807, 2.05) is 6.07 Å². The van der Waals surface area contributed by atoms with Crippen LogP contribution in [0.4, 0.5) is 0 Å². The maximum Gasteiger partial charge on any atom is 0.136 e. The van der Waals surface area contributed by atoms with Gasteiger partial charge in [0.05, 0.1) is 22.1 Å². The van der Waals surface area contributed by atoms with E-state index < -0.39 is 0 Å². The van der Waals surface area contributed by atoms with Gasteiger partial charge in [0.1, 0.15) is 11.2 Å². The van der Waals surface area contributed by atoms with Crippen molar-refractivity contribution >= 4 is 65.6 Å². The van der Waals surface area contributed by atoms with Gasteiger partial charge in [-0.1, -0.05) is 140 Å². The average Bonchev–Trinajstić information content (AvgIpc) is 3.94. The van der Waals surface area contributed by atoms with Crippen molar-refractivity contribution in [3.05, 3.63) is 206 Å². The first-order valence-electron chi connectivity index (χ1n) is 19.5. The zero-order valence-corrected chi connectivity index (χ0v) is 30.9. The normalized spacial score (nSPS) is 11.9. The number of furan rings is 1. The Labute approximate surface area is 328 Å². The van der Waals surface area contributed by atoms with Crippen LogP contribution in [-0.4, -0.2) is 9.13 Å². The Kier molecular flexibility index (Phi) is 6.93. The topological polar surface area (TPSA) is 23.0 Å². The minimum absolute atomic E-state index is 0.916. The molecule has 0 aliphatic rings. The van der Waals surface area contributed by atoms with Crippen molar-refractivity contribution in [2.45, 2.75) is 0 Å². The van der Waals surface area contributed by atoms with Crippen LogP contribution in [0.15, 0.2) is 211 Å². The Morgan fingerprint density at radius 1 is 0.263 bits per heavy atom. The molecule has 57 heavy (non-hydrogen) atoms. The Hall–Kier alpha value is -7.62. The highest BCUT2D eigenvalue weighted by Gasteiger charge is 2.19. The molecule has 3 nitrogen and oxygen atoms in total. The Bertz CT molecular complexity index is 3440. The molecule has 0 amide bonds. The fourth-order valence-corrected chi connectivity index (χ4v) is 9.12. The first-order valence-corrected chi connectivity index (χ1v) is 19.5. The van der Waals surface area contributed by atoms with E-state index in [-0.39, 0.29) is 0 Å². The summed E-state index contributed by atoms with van der Waals surface area (Å²) in [6.45, 7) is 0. The average molecular weight is 727 g/mol. The first-order chi connectivity index (χ1) is 28.3. The standard InChI is InChI=1S/C54H34N2O/c1-2-12-35(13-3-1)39-32-40(34-42(33-39)56-47-18-8-4-14-43(47)44-15-5-9-19-48(44)56)38-24-22-36(23-25-38)37-26-28-41(29-27-37)55-49-20-10-6-16-45(49)53-50(55)30-31-52-54(53)46-17-7-11-21-51(46)57-52/h1-34H. The van der Waals surface area contributed by atoms with E-state index in [0.29, 0.717) is 0 Å². The highest BCUT2D eigenvalue weighted by Crippen LogP contribution is 2.42. The van der Waals surface area contributed by atoms with Gasteiger partial charge in [-0.05, 0) is 100 Å². The van der Waals surface area contributed by atoms with Crippen molar-refractivity contribution in [3.63, 3.8) is 0 Å². The fraction of sp³-hybridized carbons (Fsp3) is 0. The second kappa shape index (κ2) is 12.5. The molecule has 9 aromatic carbocycles. The van der Waals surface area contributed by atoms with Crippen molar-refractivity contribution in [1.82, 2.24) is 9.13 Å². The van der Waals surface area contributed by atoms with Gasteiger partial charge in [0.2, 0.25) is 0 Å². The van der Waals surface area contributed by atoms with Gasteiger partial charge in [0, 0.05) is 43.7 Å². The summed E-state index contributed by atoms with van der Waals surface area (Å²) in [6.07, 6.45) is 0. The Morgan fingerprint density at radius 3 is 1.39 bits per heavy atom. The molecular weight excluding hydrogens is 693 g/mol. The van der Waals surface area contributed by atoms with Crippen molar-refractivity contribution in [2.75, 3.05) is 0 Å². The summed E-state index contributed by atoms with van der Waals surface area (Å²) < 4.78 is 11.1. The van der Waals surface area contributed by atoms with Gasteiger partial charge in [0.25, 0.3) is 0 Å². The summed E-state index contributed by atoms with van der Waals surface area (Å²) in [6, 6.07) is 74.5. The maximum atomic E-state index is 6.29. The van der Waals surface area contributed by atoms with Gasteiger partial charge in [-0.15, -0.1) is 0 Å². The van der Waals surface area contributed by atoms with Crippen molar-refractivity contribution in [1.29, 1.82) is 0 Å². The molecule has 12 aromatic rings. The summed E-state index contributed by atoms with van der Waals surface area (Å²) in [4.78, 5) is 0. The van der Waals surface area contributed by atoms with Crippen molar-refractivity contribution < 1.29 is 4.42 Å². The second-order valence-electron chi connectivity index (χ2n) is 14.9. The van der Waals surface area contributed by atoms with E-state index in [2.05, 4.69) is 209 Å². The summed E-state index contributed by atoms with van der Waals surface area (Å²) in [5, 5.41) is 7.29. The number of nitrogens with zero attached hydrogens (tertiary/aromatic N) is 2. The van der Waals surface area contributed by atoms with Gasteiger partial charge in [0.15, 0.2) is 0 Å². The lowest BCUT2D eigenvalue weighted by Crippen LogP contribution is -1.96. The molecule has 0 atom stereocenters. The van der Waals surface area contributed by atoms with Crippen LogP contribution in [0.25, 0.3) is 110 Å². The maximum absolute atomic E-state index is 6.29. The molecule has 3 aromatic heterocycles. The number of rotatable bonds is 5. The van der Waals surface area contributed by atoms with Gasteiger partial charge < -0.3 is 13.6 Å². The fourth-order valence-electron chi connectivity index (χ4n) is 9.12. The lowest BCUT2D eigenvalue weighted by Gasteiger charge is -2.14. The molecule has 0 spiro atoms. The van der Waals surface area contributed by atoms with Crippen LogP contribution in [0.5, 0.6) is 0 Å². The van der Waals surface area contributed by atoms with E-state index in [4.69, 9.17) is 4.42 Å². The Balaban J connectivity index is 0.944. The van der Waals surface area contributed by atoms with Crippen LogP contribution in [0.3, 0.4) is 0 Å². The van der Waals surface area contributed by atoms with Crippen molar-refractivity contribution in [3.8, 4) is 44.8 Å². The third-order valence-corrected chi connectivity index (χ3v) is 11.7. The smallest absolute Gasteiger partial charge is 0.136 e. The molecule has 0 saturated heterocycles. The number of fused-ring (bicyclic) bond motifs is 10. The van der Waals surface area contributed by atoms with Crippen LogP contribution in [0.2, 0.25) is 0 Å². The van der Waals surface area contributed by atoms with Gasteiger partial charge in [-0.25, -0.2) is 0 Å². The molecule has 0 fully saturated rings. The number of para-hydroxylation sites is 4. The molecule has 12 rings (SSSR count). The van der Waals surface area contributed by atoms with E-state index >= 15 is 0 Å². The quantitative estimate of drug-likeness (QED) is 0.173. The summed E-state index contributed by atoms with van der Waals surface area (Å²) >= 11 is 0. The molecule has 0 aliphatic heterocycles. The first kappa shape index (κ1) is 31.7. The minimum atomic E-state index is 0.916. The molecule has 266 valence electrons. The van der Waals surface area contributed by atoms with Crippen LogP contribution < -0.4 is 0 Å². The second-order valence-corrected chi connectivity index (χ2v) is 14.9. The van der Waals surface area contributed by atoms with E-state index in [1.165, 1.54) is 82.4 Å². The molecule has 0 saturated carbocycles. The number of benzene rings is 9. The van der Waals surface area contributed by atoms with E-state index in [0.717, 1.165) is 27.9 Å². The molecule has 0 N–H and O–H groups in total. The number of hydrogen-bond acceptors (Lipinski definition) is 1. The molecule has 0 radical (unpaired) electrons. The largest absolute Gasteiger partial charge is 0.456 e. The predicted molar refractivity (Wildman–Crippen MR) is 239 cm³/mol. The summed E-state index contributed by atoms with van der Waals surface area (Å²) in [7, 11) is 0. The van der Waals surface area contributed by atoms with Gasteiger partial charge >= 0.3 is 0 Å². The molecule has 0 unspecified atom stereocenters. The molecule has 0 aliphatic carbocycles. The zero-order valence-electron chi connectivity index (χ0n) is 30.9. The van der Waals surface area contributed by atoms with Crippen molar-refractivity contribution in [2.24, 2.45) is 0 Å². The molecule has 3 heterocycles.